The van der Waals surface area contributed by atoms with Crippen LogP contribution in [0.2, 0.25) is 0 Å². The van der Waals surface area contributed by atoms with E-state index in [4.69, 9.17) is 15.9 Å². The van der Waals surface area contributed by atoms with Crippen molar-refractivity contribution in [1.29, 1.82) is 0 Å². The first-order valence-corrected chi connectivity index (χ1v) is 3.69. The molecule has 1 atom stereocenters. The molecular weight excluding hydrogens is 178 g/mol. The van der Waals surface area contributed by atoms with Gasteiger partial charge in [-0.1, -0.05) is 0 Å². The SMILES string of the molecule is NC(CCCC(=O)C(=O)O)C(=O)O. The van der Waals surface area contributed by atoms with E-state index in [0.29, 0.717) is 0 Å². The molecule has 6 nitrogen and oxygen atoms in total. The van der Waals surface area contributed by atoms with Crippen molar-refractivity contribution in [3.8, 4) is 0 Å². The highest BCUT2D eigenvalue weighted by Crippen LogP contribution is 2.00. The smallest absolute Gasteiger partial charge is 0.372 e. The lowest BCUT2D eigenvalue weighted by Gasteiger charge is -2.03. The van der Waals surface area contributed by atoms with Gasteiger partial charge in [-0.2, -0.15) is 0 Å². The summed E-state index contributed by atoms with van der Waals surface area (Å²) in [4.78, 5) is 30.7. The third-order valence-electron chi connectivity index (χ3n) is 1.47. The van der Waals surface area contributed by atoms with Crippen molar-refractivity contribution in [2.24, 2.45) is 5.73 Å². The minimum atomic E-state index is -1.50. The fourth-order valence-electron chi connectivity index (χ4n) is 0.713. The summed E-state index contributed by atoms with van der Waals surface area (Å²) < 4.78 is 0. The van der Waals surface area contributed by atoms with E-state index in [2.05, 4.69) is 0 Å². The van der Waals surface area contributed by atoms with Gasteiger partial charge in [-0.15, -0.1) is 0 Å². The number of carbonyl (C=O) groups is 3. The van der Waals surface area contributed by atoms with Crippen molar-refractivity contribution < 1.29 is 24.6 Å². The van der Waals surface area contributed by atoms with Gasteiger partial charge in [0, 0.05) is 6.42 Å². The van der Waals surface area contributed by atoms with Crippen LogP contribution in [0.5, 0.6) is 0 Å². The third kappa shape index (κ3) is 4.91. The Bertz CT molecular complexity index is 225. The zero-order valence-corrected chi connectivity index (χ0v) is 6.90. The van der Waals surface area contributed by atoms with Gasteiger partial charge in [0.15, 0.2) is 0 Å². The Morgan fingerprint density at radius 3 is 2.15 bits per heavy atom. The van der Waals surface area contributed by atoms with Crippen LogP contribution in [0.25, 0.3) is 0 Å². The minimum absolute atomic E-state index is 0.106. The number of ketones is 1. The molecule has 0 saturated heterocycles. The van der Waals surface area contributed by atoms with Gasteiger partial charge in [-0.25, -0.2) is 4.79 Å². The lowest BCUT2D eigenvalue weighted by atomic mass is 10.1. The van der Waals surface area contributed by atoms with Crippen molar-refractivity contribution in [1.82, 2.24) is 0 Å². The van der Waals surface area contributed by atoms with Crippen LogP contribution >= 0.6 is 0 Å². The predicted octanol–water partition coefficient (Wildman–Crippen LogP) is -0.778. The number of rotatable bonds is 6. The summed E-state index contributed by atoms with van der Waals surface area (Å²) in [5.41, 5.74) is 5.12. The number of carboxylic acid groups (broad SMARTS) is 2. The molecule has 0 aliphatic heterocycles. The molecular formula is C7H11NO5. The van der Waals surface area contributed by atoms with Crippen molar-refractivity contribution in [2.75, 3.05) is 0 Å². The third-order valence-corrected chi connectivity index (χ3v) is 1.47. The van der Waals surface area contributed by atoms with Crippen LogP contribution in [0.1, 0.15) is 19.3 Å². The van der Waals surface area contributed by atoms with E-state index in [0.717, 1.165) is 0 Å². The van der Waals surface area contributed by atoms with E-state index in [-0.39, 0.29) is 19.3 Å². The molecule has 0 aromatic heterocycles. The second-order valence-corrected chi connectivity index (χ2v) is 2.57. The number of nitrogens with two attached hydrogens (primary N) is 1. The zero-order valence-electron chi connectivity index (χ0n) is 6.90. The van der Waals surface area contributed by atoms with E-state index in [1.807, 2.05) is 0 Å². The first kappa shape index (κ1) is 11.6. The van der Waals surface area contributed by atoms with Gasteiger partial charge in [0.1, 0.15) is 6.04 Å². The molecule has 0 fully saturated rings. The van der Waals surface area contributed by atoms with Crippen LogP contribution < -0.4 is 5.73 Å². The second kappa shape index (κ2) is 5.26. The Kier molecular flexibility index (Phi) is 4.68. The average Bonchev–Trinajstić information content (AvgIpc) is 2.03. The Balaban J connectivity index is 3.62. The maximum atomic E-state index is 10.5. The molecule has 0 aromatic rings. The van der Waals surface area contributed by atoms with E-state index in [1.54, 1.807) is 0 Å². The molecule has 0 aliphatic rings. The van der Waals surface area contributed by atoms with Gasteiger partial charge in [0.2, 0.25) is 5.78 Å². The second-order valence-electron chi connectivity index (χ2n) is 2.57. The molecule has 0 aromatic carbocycles. The molecule has 0 bridgehead atoms. The summed E-state index contributed by atoms with van der Waals surface area (Å²) in [5.74, 6) is -3.57. The van der Waals surface area contributed by atoms with Crippen molar-refractivity contribution in [3.63, 3.8) is 0 Å². The molecule has 13 heavy (non-hydrogen) atoms. The molecule has 0 spiro atoms. The Morgan fingerprint density at radius 2 is 1.77 bits per heavy atom. The van der Waals surface area contributed by atoms with Gasteiger partial charge in [0.25, 0.3) is 0 Å². The topological polar surface area (TPSA) is 118 Å². The number of hydrogen-bond acceptors (Lipinski definition) is 4. The highest BCUT2D eigenvalue weighted by Gasteiger charge is 2.14. The molecule has 0 saturated carbocycles. The van der Waals surface area contributed by atoms with Gasteiger partial charge in [-0.05, 0) is 12.8 Å². The standard InChI is InChI=1S/C7H11NO5/c8-4(6(10)11)2-1-3-5(9)7(12)13/h4H,1-3,8H2,(H,10,11)(H,12,13). The van der Waals surface area contributed by atoms with Crippen molar-refractivity contribution in [3.05, 3.63) is 0 Å². The summed E-state index contributed by atoms with van der Waals surface area (Å²) in [6.07, 6.45) is 0.114. The molecule has 0 aliphatic carbocycles. The van der Waals surface area contributed by atoms with E-state index in [9.17, 15) is 14.4 Å². The van der Waals surface area contributed by atoms with Crippen LogP contribution in [-0.4, -0.2) is 34.0 Å². The summed E-state index contributed by atoms with van der Waals surface area (Å²) in [7, 11) is 0. The summed E-state index contributed by atoms with van der Waals surface area (Å²) >= 11 is 0. The largest absolute Gasteiger partial charge is 0.480 e. The number of carboxylic acids is 2. The van der Waals surface area contributed by atoms with Crippen molar-refractivity contribution >= 4 is 17.7 Å². The van der Waals surface area contributed by atoms with Crippen LogP contribution in [-0.2, 0) is 14.4 Å². The van der Waals surface area contributed by atoms with Gasteiger partial charge in [-0.3, -0.25) is 9.59 Å². The van der Waals surface area contributed by atoms with Gasteiger partial charge in [0.05, 0.1) is 0 Å². The quantitative estimate of drug-likeness (QED) is 0.472. The summed E-state index contributed by atoms with van der Waals surface area (Å²) in [6.45, 7) is 0. The lowest BCUT2D eigenvalue weighted by Crippen LogP contribution is -2.30. The highest BCUT2D eigenvalue weighted by atomic mass is 16.4. The van der Waals surface area contributed by atoms with Crippen LogP contribution in [0.3, 0.4) is 0 Å². The zero-order chi connectivity index (χ0) is 10.4. The van der Waals surface area contributed by atoms with Gasteiger partial charge < -0.3 is 15.9 Å². The molecule has 6 heteroatoms. The van der Waals surface area contributed by atoms with Gasteiger partial charge >= 0.3 is 11.9 Å². The van der Waals surface area contributed by atoms with E-state index < -0.39 is 23.8 Å². The first-order valence-electron chi connectivity index (χ1n) is 3.69. The highest BCUT2D eigenvalue weighted by molar-refractivity contribution is 6.32. The molecule has 1 unspecified atom stereocenters. The fourth-order valence-corrected chi connectivity index (χ4v) is 0.713. The summed E-state index contributed by atoms with van der Waals surface area (Å²) in [5, 5.41) is 16.5. The molecule has 0 radical (unpaired) electrons. The molecule has 0 amide bonds. The molecule has 0 rings (SSSR count). The Morgan fingerprint density at radius 1 is 1.23 bits per heavy atom. The van der Waals surface area contributed by atoms with Crippen molar-refractivity contribution in [2.45, 2.75) is 25.3 Å². The van der Waals surface area contributed by atoms with Crippen LogP contribution in [0.15, 0.2) is 0 Å². The number of carbonyl (C=O) groups excluding carboxylic acids is 1. The van der Waals surface area contributed by atoms with Crippen LogP contribution in [0.4, 0.5) is 0 Å². The molecule has 4 N–H and O–H groups in total. The van der Waals surface area contributed by atoms with E-state index in [1.165, 1.54) is 0 Å². The Labute approximate surface area is 74.3 Å². The fraction of sp³-hybridized carbons (Fsp3) is 0.571. The lowest BCUT2D eigenvalue weighted by molar-refractivity contribution is -0.149. The van der Waals surface area contributed by atoms with E-state index >= 15 is 0 Å². The normalized spacial score (nSPS) is 12.1. The monoisotopic (exact) mass is 189 g/mol. The Hall–Kier alpha value is -1.43. The maximum Gasteiger partial charge on any atom is 0.372 e. The molecule has 74 valence electrons. The average molecular weight is 189 g/mol. The molecule has 0 heterocycles. The van der Waals surface area contributed by atoms with Crippen LogP contribution in [0, 0.1) is 0 Å². The number of hydrogen-bond donors (Lipinski definition) is 3. The number of aliphatic carboxylic acids is 2. The minimum Gasteiger partial charge on any atom is -0.480 e. The predicted molar refractivity (Wildman–Crippen MR) is 42.1 cm³/mol. The number of Topliss-reactive ketones (excluding diaryl/α,β-unsaturated/α-hetero) is 1. The summed E-state index contributed by atoms with van der Waals surface area (Å²) in [6, 6.07) is -1.03. The first-order chi connectivity index (χ1) is 5.95. The maximum absolute atomic E-state index is 10.5.